The number of imidazole rings is 1. The van der Waals surface area contributed by atoms with Gasteiger partial charge in [0, 0.05) is 51.9 Å². The van der Waals surface area contributed by atoms with Crippen LogP contribution in [0.2, 0.25) is 0 Å². The molecule has 2 amide bonds. The van der Waals surface area contributed by atoms with E-state index in [9.17, 15) is 9.59 Å². The van der Waals surface area contributed by atoms with Crippen molar-refractivity contribution in [2.45, 2.75) is 19.4 Å². The van der Waals surface area contributed by atoms with E-state index in [-0.39, 0.29) is 11.8 Å². The van der Waals surface area contributed by atoms with Crippen LogP contribution in [0.25, 0.3) is 11.0 Å². The summed E-state index contributed by atoms with van der Waals surface area (Å²) in [4.78, 5) is 37.1. The Morgan fingerprint density at radius 1 is 0.968 bits per heavy atom. The number of hydrogen-bond acceptors (Lipinski definition) is 5. The fourth-order valence-electron chi connectivity index (χ4n) is 4.49. The smallest absolute Gasteiger partial charge is 0.264 e. The van der Waals surface area contributed by atoms with Crippen LogP contribution >= 0.6 is 11.3 Å². The van der Waals surface area contributed by atoms with Crippen LogP contribution in [0.5, 0.6) is 0 Å². The summed E-state index contributed by atoms with van der Waals surface area (Å²) in [5.74, 6) is 1.23. The fraction of sp³-hybridized carbons (Fsp3) is 0.435. The summed E-state index contributed by atoms with van der Waals surface area (Å²) < 4.78 is 2.11. The van der Waals surface area contributed by atoms with Crippen molar-refractivity contribution in [2.75, 3.05) is 39.3 Å². The minimum absolute atomic E-state index is 0.109. The van der Waals surface area contributed by atoms with E-state index in [0.29, 0.717) is 0 Å². The molecule has 7 nitrogen and oxygen atoms in total. The zero-order valence-corrected chi connectivity index (χ0v) is 18.6. The molecular formula is C23H27N5O2S. The highest BCUT2D eigenvalue weighted by atomic mass is 32.1. The van der Waals surface area contributed by atoms with Crippen molar-refractivity contribution >= 4 is 34.2 Å². The number of aromatic nitrogens is 2. The lowest BCUT2D eigenvalue weighted by atomic mass is 10.2. The summed E-state index contributed by atoms with van der Waals surface area (Å²) >= 11 is 1.50. The molecule has 31 heavy (non-hydrogen) atoms. The van der Waals surface area contributed by atoms with E-state index in [4.69, 9.17) is 4.98 Å². The number of piperazine rings is 1. The minimum Gasteiger partial charge on any atom is -0.339 e. The van der Waals surface area contributed by atoms with Gasteiger partial charge in [-0.05, 0) is 42.5 Å². The molecule has 8 heteroatoms. The van der Waals surface area contributed by atoms with E-state index in [1.807, 2.05) is 52.6 Å². The summed E-state index contributed by atoms with van der Waals surface area (Å²) in [6, 6.07) is 9.67. The third-order valence-electron chi connectivity index (χ3n) is 6.37. The molecule has 2 saturated heterocycles. The molecule has 0 atom stereocenters. The molecule has 0 aliphatic carbocycles. The first-order chi connectivity index (χ1) is 15.1. The van der Waals surface area contributed by atoms with Gasteiger partial charge < -0.3 is 14.4 Å². The number of hydrogen-bond donors (Lipinski definition) is 0. The minimum atomic E-state index is 0.109. The molecule has 2 fully saturated rings. The molecule has 0 unspecified atom stereocenters. The fourth-order valence-corrected chi connectivity index (χ4v) is 5.18. The first kappa shape index (κ1) is 20.2. The van der Waals surface area contributed by atoms with Gasteiger partial charge in [-0.1, -0.05) is 6.07 Å². The summed E-state index contributed by atoms with van der Waals surface area (Å²) in [5.41, 5.74) is 2.63. The Bertz CT molecular complexity index is 1090. The van der Waals surface area contributed by atoms with Gasteiger partial charge in [-0.2, -0.15) is 0 Å². The number of carbonyl (C=O) groups excluding carboxylic acids is 2. The zero-order chi connectivity index (χ0) is 21.4. The molecule has 5 rings (SSSR count). The molecule has 2 aliphatic rings. The van der Waals surface area contributed by atoms with Crippen LogP contribution < -0.4 is 0 Å². The van der Waals surface area contributed by atoms with E-state index in [2.05, 4.69) is 9.47 Å². The Labute approximate surface area is 185 Å². The second-order valence-corrected chi connectivity index (χ2v) is 9.28. The average molecular weight is 438 g/mol. The number of benzene rings is 1. The number of thiophene rings is 1. The highest BCUT2D eigenvalue weighted by Gasteiger charge is 2.24. The normalized spacial score (nSPS) is 17.6. The highest BCUT2D eigenvalue weighted by Crippen LogP contribution is 2.21. The molecule has 0 saturated carbocycles. The third-order valence-corrected chi connectivity index (χ3v) is 7.23. The number of amides is 2. The van der Waals surface area contributed by atoms with Gasteiger partial charge in [0.15, 0.2) is 0 Å². The van der Waals surface area contributed by atoms with Gasteiger partial charge in [-0.15, -0.1) is 11.3 Å². The van der Waals surface area contributed by atoms with Crippen molar-refractivity contribution in [3.05, 3.63) is 52.0 Å². The first-order valence-corrected chi connectivity index (χ1v) is 11.8. The lowest BCUT2D eigenvalue weighted by Gasteiger charge is -2.34. The van der Waals surface area contributed by atoms with Crippen molar-refractivity contribution in [2.24, 2.45) is 7.05 Å². The van der Waals surface area contributed by atoms with E-state index in [1.54, 1.807) is 0 Å². The Hall–Kier alpha value is -2.71. The molecule has 2 aromatic heterocycles. The quantitative estimate of drug-likeness (QED) is 0.630. The molecule has 4 heterocycles. The monoisotopic (exact) mass is 437 g/mol. The SMILES string of the molecule is Cn1c(CN2CCN(C(=O)c3cccs3)CC2)nc2cc(C(=O)N3CCCC3)ccc21. The van der Waals surface area contributed by atoms with Crippen LogP contribution in [0.4, 0.5) is 0 Å². The van der Waals surface area contributed by atoms with Crippen molar-refractivity contribution < 1.29 is 9.59 Å². The van der Waals surface area contributed by atoms with E-state index >= 15 is 0 Å². The number of carbonyl (C=O) groups is 2. The summed E-state index contributed by atoms with van der Waals surface area (Å²) in [6.45, 7) is 5.57. The maximum absolute atomic E-state index is 12.7. The van der Waals surface area contributed by atoms with Gasteiger partial charge in [0.25, 0.3) is 11.8 Å². The van der Waals surface area contributed by atoms with Gasteiger partial charge in [0.05, 0.1) is 22.5 Å². The maximum Gasteiger partial charge on any atom is 0.264 e. The predicted octanol–water partition coefficient (Wildman–Crippen LogP) is 2.83. The molecule has 0 N–H and O–H groups in total. The van der Waals surface area contributed by atoms with Crippen LogP contribution in [0.1, 0.15) is 38.7 Å². The zero-order valence-electron chi connectivity index (χ0n) is 17.8. The van der Waals surface area contributed by atoms with Crippen LogP contribution in [0, 0.1) is 0 Å². The van der Waals surface area contributed by atoms with Crippen LogP contribution in [0.15, 0.2) is 35.7 Å². The van der Waals surface area contributed by atoms with Gasteiger partial charge in [-0.3, -0.25) is 14.5 Å². The lowest BCUT2D eigenvalue weighted by molar-refractivity contribution is 0.0629. The number of rotatable bonds is 4. The van der Waals surface area contributed by atoms with E-state index in [0.717, 1.165) is 86.0 Å². The van der Waals surface area contributed by atoms with Crippen LogP contribution in [-0.4, -0.2) is 75.3 Å². The number of fused-ring (bicyclic) bond motifs is 1. The summed E-state index contributed by atoms with van der Waals surface area (Å²) in [6.07, 6.45) is 2.18. The molecule has 0 spiro atoms. The molecule has 3 aromatic rings. The van der Waals surface area contributed by atoms with Gasteiger partial charge in [-0.25, -0.2) is 4.98 Å². The molecule has 2 aliphatic heterocycles. The standard InChI is InChI=1S/C23H27N5O2S/c1-25-19-7-6-17(22(29)27-8-2-3-9-27)15-18(19)24-21(25)16-26-10-12-28(13-11-26)23(30)20-5-4-14-31-20/h4-7,14-15H,2-3,8-13,16H2,1H3. The number of likely N-dealkylation sites (tertiary alicyclic amines) is 1. The average Bonchev–Trinajstić information content (AvgIpc) is 3.56. The van der Waals surface area contributed by atoms with Crippen LogP contribution in [-0.2, 0) is 13.6 Å². The topological polar surface area (TPSA) is 61.7 Å². The summed E-state index contributed by atoms with van der Waals surface area (Å²) in [7, 11) is 2.03. The van der Waals surface area contributed by atoms with Gasteiger partial charge >= 0.3 is 0 Å². The molecule has 1 aromatic carbocycles. The lowest BCUT2D eigenvalue weighted by Crippen LogP contribution is -2.48. The van der Waals surface area contributed by atoms with Crippen molar-refractivity contribution in [3.8, 4) is 0 Å². The Kier molecular flexibility index (Phi) is 5.50. The van der Waals surface area contributed by atoms with Crippen molar-refractivity contribution in [1.82, 2.24) is 24.3 Å². The second kappa shape index (κ2) is 8.43. The van der Waals surface area contributed by atoms with Crippen molar-refractivity contribution in [1.29, 1.82) is 0 Å². The first-order valence-electron chi connectivity index (χ1n) is 10.9. The van der Waals surface area contributed by atoms with Gasteiger partial charge in [0.1, 0.15) is 5.82 Å². The number of aryl methyl sites for hydroxylation is 1. The van der Waals surface area contributed by atoms with Gasteiger partial charge in [0.2, 0.25) is 0 Å². The second-order valence-electron chi connectivity index (χ2n) is 8.34. The summed E-state index contributed by atoms with van der Waals surface area (Å²) in [5, 5.41) is 1.94. The third kappa shape index (κ3) is 3.97. The Morgan fingerprint density at radius 2 is 1.71 bits per heavy atom. The molecular weight excluding hydrogens is 410 g/mol. The Morgan fingerprint density at radius 3 is 2.42 bits per heavy atom. The Balaban J connectivity index is 1.26. The van der Waals surface area contributed by atoms with E-state index < -0.39 is 0 Å². The molecule has 0 radical (unpaired) electrons. The maximum atomic E-state index is 12.7. The molecule has 0 bridgehead atoms. The van der Waals surface area contributed by atoms with Crippen molar-refractivity contribution in [3.63, 3.8) is 0 Å². The molecule has 162 valence electrons. The van der Waals surface area contributed by atoms with Crippen LogP contribution in [0.3, 0.4) is 0 Å². The predicted molar refractivity (Wildman–Crippen MR) is 121 cm³/mol. The largest absolute Gasteiger partial charge is 0.339 e. The highest BCUT2D eigenvalue weighted by molar-refractivity contribution is 7.12. The van der Waals surface area contributed by atoms with E-state index in [1.165, 1.54) is 11.3 Å². The number of nitrogens with zero attached hydrogens (tertiary/aromatic N) is 5.